The van der Waals surface area contributed by atoms with Gasteiger partial charge in [0.2, 0.25) is 0 Å². The first kappa shape index (κ1) is 16.6. The zero-order chi connectivity index (χ0) is 18.0. The standard InChI is InChI=1S/C16H14N6O2S/c1-21-13(11(8-17)15(23)22(2)16(21)24)18-9-12-19-20-14(25-12)10-6-4-3-5-7-10/h3-7,18H,9H2,1-2H3. The lowest BCUT2D eigenvalue weighted by Crippen LogP contribution is -2.39. The zero-order valence-electron chi connectivity index (χ0n) is 13.6. The van der Waals surface area contributed by atoms with Crippen molar-refractivity contribution >= 4 is 17.2 Å². The van der Waals surface area contributed by atoms with Crippen LogP contribution < -0.4 is 16.6 Å². The van der Waals surface area contributed by atoms with Gasteiger partial charge in [-0.15, -0.1) is 10.2 Å². The van der Waals surface area contributed by atoms with Crippen LogP contribution in [0.15, 0.2) is 39.9 Å². The predicted molar refractivity (Wildman–Crippen MR) is 94.3 cm³/mol. The Morgan fingerprint density at radius 2 is 1.88 bits per heavy atom. The third kappa shape index (κ3) is 3.07. The molecule has 0 spiro atoms. The van der Waals surface area contributed by atoms with Crippen molar-refractivity contribution < 1.29 is 0 Å². The summed E-state index contributed by atoms with van der Waals surface area (Å²) in [6, 6.07) is 11.5. The van der Waals surface area contributed by atoms with Crippen LogP contribution in [0.5, 0.6) is 0 Å². The summed E-state index contributed by atoms with van der Waals surface area (Å²) in [5.74, 6) is 0.173. The number of nitriles is 1. The lowest BCUT2D eigenvalue weighted by Gasteiger charge is -2.12. The average molecular weight is 354 g/mol. The van der Waals surface area contributed by atoms with E-state index in [-0.39, 0.29) is 17.9 Å². The van der Waals surface area contributed by atoms with Gasteiger partial charge in [-0.2, -0.15) is 5.26 Å². The lowest BCUT2D eigenvalue weighted by molar-refractivity contribution is 0.685. The molecule has 1 N–H and O–H groups in total. The largest absolute Gasteiger partial charge is 0.363 e. The third-order valence-corrected chi connectivity index (χ3v) is 4.64. The first-order valence-corrected chi connectivity index (χ1v) is 8.16. The second kappa shape index (κ2) is 6.70. The number of aromatic nitrogens is 4. The fourth-order valence-corrected chi connectivity index (χ4v) is 3.12. The highest BCUT2D eigenvalue weighted by Gasteiger charge is 2.16. The summed E-state index contributed by atoms with van der Waals surface area (Å²) in [5, 5.41) is 21.9. The summed E-state index contributed by atoms with van der Waals surface area (Å²) in [6.07, 6.45) is 0. The molecule has 3 aromatic rings. The summed E-state index contributed by atoms with van der Waals surface area (Å²) in [5.41, 5.74) is -0.286. The molecule has 0 bridgehead atoms. The van der Waals surface area contributed by atoms with Gasteiger partial charge >= 0.3 is 5.69 Å². The van der Waals surface area contributed by atoms with Crippen molar-refractivity contribution in [1.29, 1.82) is 5.26 Å². The van der Waals surface area contributed by atoms with Crippen molar-refractivity contribution in [2.75, 3.05) is 5.32 Å². The van der Waals surface area contributed by atoms with Crippen LogP contribution in [0.2, 0.25) is 0 Å². The normalized spacial score (nSPS) is 10.4. The fraction of sp³-hybridized carbons (Fsp3) is 0.188. The highest BCUT2D eigenvalue weighted by Crippen LogP contribution is 2.23. The van der Waals surface area contributed by atoms with Crippen molar-refractivity contribution in [3.8, 4) is 16.6 Å². The number of rotatable bonds is 4. The molecule has 0 saturated heterocycles. The van der Waals surface area contributed by atoms with Gasteiger partial charge in [0.05, 0.1) is 6.54 Å². The summed E-state index contributed by atoms with van der Waals surface area (Å²) in [4.78, 5) is 24.1. The van der Waals surface area contributed by atoms with Crippen molar-refractivity contribution in [2.45, 2.75) is 6.54 Å². The monoisotopic (exact) mass is 354 g/mol. The molecule has 0 radical (unpaired) electrons. The number of hydrogen-bond donors (Lipinski definition) is 1. The van der Waals surface area contributed by atoms with Gasteiger partial charge in [0.1, 0.15) is 21.9 Å². The first-order valence-electron chi connectivity index (χ1n) is 7.34. The average Bonchev–Trinajstić information content (AvgIpc) is 3.11. The summed E-state index contributed by atoms with van der Waals surface area (Å²) in [7, 11) is 2.84. The van der Waals surface area contributed by atoms with E-state index in [1.807, 2.05) is 36.4 Å². The molecule has 0 fully saturated rings. The molecular formula is C16H14N6O2S. The van der Waals surface area contributed by atoms with Gasteiger partial charge in [-0.05, 0) is 0 Å². The molecule has 8 nitrogen and oxygen atoms in total. The minimum atomic E-state index is -0.629. The molecule has 2 heterocycles. The maximum atomic E-state index is 12.1. The SMILES string of the molecule is Cn1c(NCc2nnc(-c3ccccc3)s2)c(C#N)c(=O)n(C)c1=O. The van der Waals surface area contributed by atoms with E-state index in [4.69, 9.17) is 0 Å². The zero-order valence-corrected chi connectivity index (χ0v) is 14.4. The Morgan fingerprint density at radius 1 is 1.16 bits per heavy atom. The van der Waals surface area contributed by atoms with Crippen LogP contribution in [0.4, 0.5) is 5.82 Å². The summed E-state index contributed by atoms with van der Waals surface area (Å²) < 4.78 is 2.14. The quantitative estimate of drug-likeness (QED) is 0.752. The number of anilines is 1. The van der Waals surface area contributed by atoms with Gasteiger partial charge < -0.3 is 5.32 Å². The first-order chi connectivity index (χ1) is 12.0. The van der Waals surface area contributed by atoms with Gasteiger partial charge in [-0.25, -0.2) is 4.79 Å². The van der Waals surface area contributed by atoms with E-state index in [0.29, 0.717) is 5.01 Å². The van der Waals surface area contributed by atoms with E-state index in [2.05, 4.69) is 15.5 Å². The van der Waals surface area contributed by atoms with E-state index >= 15 is 0 Å². The molecule has 0 aliphatic heterocycles. The smallest absolute Gasteiger partial charge is 0.332 e. The summed E-state index contributed by atoms with van der Waals surface area (Å²) in [6.45, 7) is 0.250. The number of nitrogens with zero attached hydrogens (tertiary/aromatic N) is 5. The van der Waals surface area contributed by atoms with Crippen molar-refractivity contribution in [2.24, 2.45) is 14.1 Å². The molecule has 0 saturated carbocycles. The Kier molecular flexibility index (Phi) is 4.45. The Labute approximate surface area is 146 Å². The molecule has 25 heavy (non-hydrogen) atoms. The second-order valence-electron chi connectivity index (χ2n) is 5.26. The number of nitrogens with one attached hydrogen (secondary N) is 1. The van der Waals surface area contributed by atoms with Gasteiger partial charge in [-0.3, -0.25) is 13.9 Å². The Hall–Kier alpha value is -3.25. The van der Waals surface area contributed by atoms with Crippen LogP contribution in [0.1, 0.15) is 10.6 Å². The fourth-order valence-electron chi connectivity index (χ4n) is 2.33. The van der Waals surface area contributed by atoms with Gasteiger partial charge in [0.15, 0.2) is 5.56 Å². The molecule has 0 aliphatic rings. The molecule has 2 aromatic heterocycles. The third-order valence-electron chi connectivity index (χ3n) is 3.67. The van der Waals surface area contributed by atoms with Crippen LogP contribution >= 0.6 is 11.3 Å². The molecule has 0 amide bonds. The van der Waals surface area contributed by atoms with Crippen molar-refractivity contribution in [1.82, 2.24) is 19.3 Å². The summed E-state index contributed by atoms with van der Waals surface area (Å²) >= 11 is 1.40. The number of benzene rings is 1. The molecular weight excluding hydrogens is 340 g/mol. The maximum absolute atomic E-state index is 12.1. The van der Waals surface area contributed by atoms with E-state index < -0.39 is 11.2 Å². The van der Waals surface area contributed by atoms with Crippen LogP contribution in [0.3, 0.4) is 0 Å². The predicted octanol–water partition coefficient (Wildman–Crippen LogP) is 1.09. The van der Waals surface area contributed by atoms with E-state index in [1.165, 1.54) is 30.0 Å². The Balaban J connectivity index is 1.89. The molecule has 3 rings (SSSR count). The Morgan fingerprint density at radius 3 is 2.56 bits per heavy atom. The van der Waals surface area contributed by atoms with Crippen LogP contribution in [-0.4, -0.2) is 19.3 Å². The van der Waals surface area contributed by atoms with E-state index in [0.717, 1.165) is 15.1 Å². The minimum absolute atomic E-state index is 0.114. The second-order valence-corrected chi connectivity index (χ2v) is 6.32. The van der Waals surface area contributed by atoms with Crippen LogP contribution in [0, 0.1) is 11.3 Å². The van der Waals surface area contributed by atoms with Crippen molar-refractivity contribution in [3.05, 3.63) is 61.7 Å². The number of hydrogen-bond acceptors (Lipinski definition) is 7. The molecule has 126 valence electrons. The van der Waals surface area contributed by atoms with Gasteiger partial charge in [-0.1, -0.05) is 41.7 Å². The molecule has 0 aliphatic carbocycles. The highest BCUT2D eigenvalue weighted by molar-refractivity contribution is 7.14. The topological polar surface area (TPSA) is 106 Å². The van der Waals surface area contributed by atoms with Gasteiger partial charge in [0, 0.05) is 19.7 Å². The molecule has 0 unspecified atom stereocenters. The lowest BCUT2D eigenvalue weighted by atomic mass is 10.2. The Bertz CT molecular complexity index is 1070. The molecule has 9 heteroatoms. The highest BCUT2D eigenvalue weighted by atomic mass is 32.1. The van der Waals surface area contributed by atoms with E-state index in [1.54, 1.807) is 0 Å². The minimum Gasteiger partial charge on any atom is -0.363 e. The van der Waals surface area contributed by atoms with Crippen LogP contribution in [-0.2, 0) is 20.6 Å². The molecule has 1 aromatic carbocycles. The van der Waals surface area contributed by atoms with Crippen molar-refractivity contribution in [3.63, 3.8) is 0 Å². The van der Waals surface area contributed by atoms with Gasteiger partial charge in [0.25, 0.3) is 5.56 Å². The maximum Gasteiger partial charge on any atom is 0.332 e. The van der Waals surface area contributed by atoms with Crippen LogP contribution in [0.25, 0.3) is 10.6 Å². The molecule has 0 atom stereocenters. The van der Waals surface area contributed by atoms with E-state index in [9.17, 15) is 14.9 Å².